The molecule has 10 heteroatoms. The van der Waals surface area contributed by atoms with E-state index in [0.29, 0.717) is 35.5 Å². The molecular weight excluding hydrogens is 384 g/mol. The Hall–Kier alpha value is -2.00. The molecule has 4 aliphatic heterocycles. The maximum Gasteiger partial charge on any atom is 0.395 e. The maximum absolute atomic E-state index is 14.7. The summed E-state index contributed by atoms with van der Waals surface area (Å²) >= 11 is 0. The van der Waals surface area contributed by atoms with Crippen molar-refractivity contribution in [2.45, 2.75) is 87.4 Å². The van der Waals surface area contributed by atoms with E-state index in [1.54, 1.807) is 0 Å². The minimum Gasteiger partial charge on any atom is -0.330 e. The van der Waals surface area contributed by atoms with E-state index in [0.717, 1.165) is 0 Å². The zero-order chi connectivity index (χ0) is 20.4. The lowest BCUT2D eigenvalue weighted by atomic mass is 9.97. The zero-order valence-corrected chi connectivity index (χ0v) is 15.0. The summed E-state index contributed by atoms with van der Waals surface area (Å²) in [5.74, 6) is -15.0. The fourth-order valence-corrected chi connectivity index (χ4v) is 5.20. The van der Waals surface area contributed by atoms with E-state index in [9.17, 15) is 36.7 Å². The molecular formula is C18H20F4N2O4. The van der Waals surface area contributed by atoms with Crippen molar-refractivity contribution in [1.82, 2.24) is 9.80 Å². The van der Waals surface area contributed by atoms with Gasteiger partial charge >= 0.3 is 23.7 Å². The Morgan fingerprint density at radius 2 is 0.893 bits per heavy atom. The Morgan fingerprint density at radius 1 is 0.643 bits per heavy atom. The minimum absolute atomic E-state index is 0.129. The summed E-state index contributed by atoms with van der Waals surface area (Å²) in [6, 6.07) is -3.28. The van der Waals surface area contributed by atoms with Gasteiger partial charge in [0.1, 0.15) is 11.6 Å². The number of ketones is 2. The van der Waals surface area contributed by atoms with E-state index in [1.807, 2.05) is 0 Å². The van der Waals surface area contributed by atoms with Crippen molar-refractivity contribution in [2.24, 2.45) is 0 Å². The number of hydrogen-bond acceptors (Lipinski definition) is 4. The van der Waals surface area contributed by atoms with Crippen LogP contribution in [0.1, 0.15) is 51.4 Å². The highest BCUT2D eigenvalue weighted by Gasteiger charge is 2.71. The summed E-state index contributed by atoms with van der Waals surface area (Å²) in [5.41, 5.74) is 0. The van der Waals surface area contributed by atoms with Crippen molar-refractivity contribution in [3.8, 4) is 0 Å². The van der Waals surface area contributed by atoms with Crippen LogP contribution < -0.4 is 0 Å². The monoisotopic (exact) mass is 404 g/mol. The second-order valence-electron chi connectivity index (χ2n) is 8.24. The van der Waals surface area contributed by atoms with Crippen LogP contribution in [-0.4, -0.2) is 69.2 Å². The number of carbonyl (C=O) groups is 4. The van der Waals surface area contributed by atoms with E-state index in [1.165, 1.54) is 0 Å². The highest BCUT2D eigenvalue weighted by molar-refractivity contribution is 5.97. The van der Waals surface area contributed by atoms with Gasteiger partial charge in [0.2, 0.25) is 0 Å². The largest absolute Gasteiger partial charge is 0.395 e. The standard InChI is InChI=1S/C18H20F4N2O4/c19-17(20,15(27)23-9-1-2-10(23)6-13(25)5-9)18(21,22)16(28)24-11-3-4-12(24)8-14(26)7-11/h9-12H,1-8H2. The summed E-state index contributed by atoms with van der Waals surface area (Å²) in [5, 5.41) is 0. The maximum atomic E-state index is 14.7. The predicted molar refractivity (Wildman–Crippen MR) is 85.7 cm³/mol. The molecule has 4 rings (SSSR count). The minimum atomic E-state index is -5.22. The molecule has 0 aromatic rings. The molecule has 0 aromatic carbocycles. The lowest BCUT2D eigenvalue weighted by Gasteiger charge is -2.40. The van der Waals surface area contributed by atoms with Gasteiger partial charge in [-0.1, -0.05) is 0 Å². The SMILES string of the molecule is O=C1CC2CCC(C1)N2C(=O)C(F)(F)C(F)(F)C(=O)N1C2CCC1CC(=O)C2. The van der Waals surface area contributed by atoms with Crippen molar-refractivity contribution in [3.63, 3.8) is 0 Å². The van der Waals surface area contributed by atoms with Gasteiger partial charge in [-0.2, -0.15) is 17.6 Å². The van der Waals surface area contributed by atoms with Crippen LogP contribution >= 0.6 is 0 Å². The molecule has 0 N–H and O–H groups in total. The fraction of sp³-hybridized carbons (Fsp3) is 0.778. The van der Waals surface area contributed by atoms with E-state index in [4.69, 9.17) is 0 Å². The first-order valence-corrected chi connectivity index (χ1v) is 9.48. The molecule has 0 radical (unpaired) electrons. The third kappa shape index (κ3) is 2.67. The van der Waals surface area contributed by atoms with Crippen LogP contribution in [0.2, 0.25) is 0 Å². The molecule has 6 nitrogen and oxygen atoms in total. The normalized spacial score (nSPS) is 32.9. The zero-order valence-electron chi connectivity index (χ0n) is 15.0. The number of hydrogen-bond donors (Lipinski definition) is 0. The lowest BCUT2D eigenvalue weighted by Crippen LogP contribution is -2.65. The van der Waals surface area contributed by atoms with Gasteiger partial charge in [-0.15, -0.1) is 0 Å². The number of nitrogens with zero attached hydrogens (tertiary/aromatic N) is 2. The van der Waals surface area contributed by atoms with Gasteiger partial charge in [0.25, 0.3) is 0 Å². The molecule has 0 aliphatic carbocycles. The van der Waals surface area contributed by atoms with Crippen LogP contribution in [0.3, 0.4) is 0 Å². The molecule has 2 amide bonds. The molecule has 4 aliphatic rings. The molecule has 28 heavy (non-hydrogen) atoms. The molecule has 0 aromatic heterocycles. The summed E-state index contributed by atoms with van der Waals surface area (Å²) in [7, 11) is 0. The van der Waals surface area contributed by atoms with Gasteiger partial charge in [-0.3, -0.25) is 19.2 Å². The van der Waals surface area contributed by atoms with E-state index in [-0.39, 0.29) is 37.2 Å². The van der Waals surface area contributed by atoms with Crippen LogP contribution in [0, 0.1) is 0 Å². The van der Waals surface area contributed by atoms with Crippen molar-refractivity contribution in [1.29, 1.82) is 0 Å². The first kappa shape index (κ1) is 19.3. The van der Waals surface area contributed by atoms with Crippen LogP contribution in [0.4, 0.5) is 17.6 Å². The molecule has 4 unspecified atom stereocenters. The van der Waals surface area contributed by atoms with Crippen molar-refractivity contribution >= 4 is 23.4 Å². The number of fused-ring (bicyclic) bond motifs is 4. The lowest BCUT2D eigenvalue weighted by molar-refractivity contribution is -0.227. The molecule has 4 heterocycles. The van der Waals surface area contributed by atoms with Gasteiger partial charge < -0.3 is 9.80 Å². The van der Waals surface area contributed by atoms with Gasteiger partial charge in [0.15, 0.2) is 0 Å². The van der Waals surface area contributed by atoms with Crippen molar-refractivity contribution < 1.29 is 36.7 Å². The molecule has 4 atom stereocenters. The Morgan fingerprint density at radius 3 is 1.14 bits per heavy atom. The third-order valence-corrected chi connectivity index (χ3v) is 6.49. The second-order valence-corrected chi connectivity index (χ2v) is 8.24. The van der Waals surface area contributed by atoms with E-state index in [2.05, 4.69) is 0 Å². The molecule has 4 saturated heterocycles. The van der Waals surface area contributed by atoms with Gasteiger partial charge in [-0.05, 0) is 25.7 Å². The van der Waals surface area contributed by atoms with Crippen LogP contribution in [0.25, 0.3) is 0 Å². The van der Waals surface area contributed by atoms with Crippen molar-refractivity contribution in [2.75, 3.05) is 0 Å². The molecule has 4 bridgehead atoms. The average molecular weight is 404 g/mol. The number of piperidine rings is 2. The summed E-state index contributed by atoms with van der Waals surface area (Å²) in [6.07, 6.45) is 0.692. The summed E-state index contributed by atoms with van der Waals surface area (Å²) in [4.78, 5) is 49.4. The Labute approximate surface area is 158 Å². The van der Waals surface area contributed by atoms with Gasteiger partial charge in [-0.25, -0.2) is 0 Å². The quantitative estimate of drug-likeness (QED) is 0.672. The highest BCUT2D eigenvalue weighted by atomic mass is 19.3. The first-order chi connectivity index (χ1) is 13.0. The van der Waals surface area contributed by atoms with Crippen LogP contribution in [0.5, 0.6) is 0 Å². The number of carbonyl (C=O) groups excluding carboxylic acids is 4. The van der Waals surface area contributed by atoms with Crippen LogP contribution in [-0.2, 0) is 19.2 Å². The van der Waals surface area contributed by atoms with Gasteiger partial charge in [0, 0.05) is 49.9 Å². The Balaban J connectivity index is 1.57. The second kappa shape index (κ2) is 6.25. The predicted octanol–water partition coefficient (Wildman–Crippen LogP) is 1.70. The number of alkyl halides is 4. The number of rotatable bonds is 3. The Kier molecular flexibility index (Phi) is 4.31. The van der Waals surface area contributed by atoms with E-state index < -0.39 is 47.8 Å². The number of amides is 2. The van der Waals surface area contributed by atoms with Crippen molar-refractivity contribution in [3.05, 3.63) is 0 Å². The molecule has 0 spiro atoms. The fourth-order valence-electron chi connectivity index (χ4n) is 5.20. The topological polar surface area (TPSA) is 74.8 Å². The number of halogens is 4. The van der Waals surface area contributed by atoms with Crippen LogP contribution in [0.15, 0.2) is 0 Å². The summed E-state index contributed by atoms with van der Waals surface area (Å²) < 4.78 is 58.7. The summed E-state index contributed by atoms with van der Waals surface area (Å²) in [6.45, 7) is 0. The van der Waals surface area contributed by atoms with Gasteiger partial charge in [0.05, 0.1) is 0 Å². The third-order valence-electron chi connectivity index (χ3n) is 6.49. The molecule has 4 fully saturated rings. The highest BCUT2D eigenvalue weighted by Crippen LogP contribution is 2.45. The van der Waals surface area contributed by atoms with E-state index >= 15 is 0 Å². The Bertz CT molecular complexity index is 662. The average Bonchev–Trinajstić information content (AvgIpc) is 3.04. The smallest absolute Gasteiger partial charge is 0.330 e. The molecule has 0 saturated carbocycles. The molecule has 154 valence electrons. The number of Topliss-reactive ketones (excluding diaryl/α,β-unsaturated/α-hetero) is 2. The first-order valence-electron chi connectivity index (χ1n) is 9.48.